The van der Waals surface area contributed by atoms with Gasteiger partial charge in [-0.1, -0.05) is 38.8 Å². The van der Waals surface area contributed by atoms with Crippen molar-refractivity contribution in [3.05, 3.63) is 24.8 Å². The molecule has 0 aliphatic rings. The van der Waals surface area contributed by atoms with E-state index < -0.39 is 15.2 Å². The van der Waals surface area contributed by atoms with Crippen molar-refractivity contribution in [1.29, 1.82) is 0 Å². The largest absolute Gasteiger partial charge is 0.351 e. The molecule has 0 rings (SSSR count). The molecule has 0 radical (unpaired) electrons. The van der Waals surface area contributed by atoms with Gasteiger partial charge in [-0.05, 0) is 12.8 Å². The van der Waals surface area contributed by atoms with Crippen molar-refractivity contribution in [2.24, 2.45) is 0 Å². The van der Waals surface area contributed by atoms with Gasteiger partial charge in [-0.15, -0.1) is 0 Å². The summed E-state index contributed by atoms with van der Waals surface area (Å²) in [4.78, 5) is 18.1. The molecule has 0 spiro atoms. The van der Waals surface area contributed by atoms with Crippen LogP contribution in [0.25, 0.3) is 0 Å². The standard InChI is InChI=1S/C12H24O6P2/c1-3-19(13,14)17-11-9-7-5-6-8-10-12-18-20(15,16)4-2/h3-4H,1-2,5-12H2,(H,13,14)(H,15,16). The molecule has 2 unspecified atom stereocenters. The second-order valence-electron chi connectivity index (χ2n) is 4.28. The Morgan fingerprint density at radius 2 is 1.05 bits per heavy atom. The fourth-order valence-corrected chi connectivity index (χ4v) is 2.40. The van der Waals surface area contributed by atoms with Gasteiger partial charge in [0.25, 0.3) is 0 Å². The fourth-order valence-electron chi connectivity index (χ4n) is 1.41. The van der Waals surface area contributed by atoms with E-state index in [0.717, 1.165) is 50.2 Å². The summed E-state index contributed by atoms with van der Waals surface area (Å²) < 4.78 is 31.6. The average molecular weight is 326 g/mol. The zero-order chi connectivity index (χ0) is 15.5. The predicted molar refractivity (Wildman–Crippen MR) is 79.7 cm³/mol. The monoisotopic (exact) mass is 326 g/mol. The summed E-state index contributed by atoms with van der Waals surface area (Å²) in [5.41, 5.74) is 0. The van der Waals surface area contributed by atoms with Gasteiger partial charge >= 0.3 is 15.2 Å². The van der Waals surface area contributed by atoms with Crippen molar-refractivity contribution in [2.45, 2.75) is 38.5 Å². The van der Waals surface area contributed by atoms with Crippen LogP contribution in [0.3, 0.4) is 0 Å². The second-order valence-corrected chi connectivity index (χ2v) is 7.78. The molecule has 6 nitrogen and oxygen atoms in total. The molecule has 0 fully saturated rings. The van der Waals surface area contributed by atoms with Crippen LogP contribution in [0.4, 0.5) is 0 Å². The number of hydrogen-bond donors (Lipinski definition) is 2. The lowest BCUT2D eigenvalue weighted by molar-refractivity contribution is 0.255. The van der Waals surface area contributed by atoms with Crippen LogP contribution in [0.15, 0.2) is 24.8 Å². The highest BCUT2D eigenvalue weighted by molar-refractivity contribution is 7.56. The lowest BCUT2D eigenvalue weighted by Crippen LogP contribution is -1.93. The van der Waals surface area contributed by atoms with E-state index in [1.165, 1.54) is 0 Å². The molecular weight excluding hydrogens is 302 g/mol. The minimum atomic E-state index is -3.57. The van der Waals surface area contributed by atoms with Gasteiger partial charge in [0, 0.05) is 11.6 Å². The first kappa shape index (κ1) is 19.8. The Balaban J connectivity index is 3.34. The molecule has 118 valence electrons. The van der Waals surface area contributed by atoms with E-state index in [9.17, 15) is 9.13 Å². The maximum atomic E-state index is 11.0. The topological polar surface area (TPSA) is 93.1 Å². The van der Waals surface area contributed by atoms with E-state index in [1.54, 1.807) is 0 Å². The molecule has 0 aliphatic carbocycles. The normalized spacial score (nSPS) is 17.1. The van der Waals surface area contributed by atoms with Crippen LogP contribution in [0.5, 0.6) is 0 Å². The number of rotatable bonds is 13. The highest BCUT2D eigenvalue weighted by atomic mass is 31.2. The molecule has 0 aromatic heterocycles. The maximum absolute atomic E-state index is 11.0. The highest BCUT2D eigenvalue weighted by Gasteiger charge is 2.12. The third kappa shape index (κ3) is 11.6. The zero-order valence-electron chi connectivity index (χ0n) is 11.6. The molecule has 0 saturated carbocycles. The number of hydrogen-bond acceptors (Lipinski definition) is 4. The number of unbranched alkanes of at least 4 members (excludes halogenated alkanes) is 5. The third-order valence-corrected chi connectivity index (χ3v) is 4.58. The van der Waals surface area contributed by atoms with Crippen molar-refractivity contribution in [2.75, 3.05) is 13.2 Å². The lowest BCUT2D eigenvalue weighted by Gasteiger charge is -2.08. The van der Waals surface area contributed by atoms with Crippen molar-refractivity contribution < 1.29 is 28.0 Å². The Hall–Kier alpha value is -0.220. The van der Waals surface area contributed by atoms with Gasteiger partial charge in [0.05, 0.1) is 13.2 Å². The van der Waals surface area contributed by atoms with Crippen molar-refractivity contribution >= 4 is 15.2 Å². The Kier molecular flexibility index (Phi) is 10.4. The van der Waals surface area contributed by atoms with Crippen LogP contribution in [0, 0.1) is 0 Å². The van der Waals surface area contributed by atoms with Crippen LogP contribution < -0.4 is 0 Å². The van der Waals surface area contributed by atoms with Gasteiger partial charge in [-0.3, -0.25) is 9.13 Å². The SMILES string of the molecule is C=CP(=O)(O)OCCCCCCCCOP(=O)(O)C=C. The Morgan fingerprint density at radius 3 is 1.35 bits per heavy atom. The molecule has 0 aromatic rings. The summed E-state index contributed by atoms with van der Waals surface area (Å²) in [7, 11) is -7.15. The molecule has 2 N–H and O–H groups in total. The smallest absolute Gasteiger partial charge is 0.321 e. The first-order valence-electron chi connectivity index (χ1n) is 6.54. The van der Waals surface area contributed by atoms with Gasteiger partial charge in [0.1, 0.15) is 0 Å². The maximum Gasteiger partial charge on any atom is 0.351 e. The molecule has 0 bridgehead atoms. The van der Waals surface area contributed by atoms with Gasteiger partial charge in [-0.2, -0.15) is 0 Å². The van der Waals surface area contributed by atoms with Gasteiger partial charge in [0.15, 0.2) is 0 Å². The molecule has 0 aliphatic heterocycles. The quantitative estimate of drug-likeness (QED) is 0.392. The van der Waals surface area contributed by atoms with Crippen LogP contribution in [-0.2, 0) is 18.2 Å². The third-order valence-electron chi connectivity index (χ3n) is 2.55. The first-order chi connectivity index (χ1) is 9.33. The highest BCUT2D eigenvalue weighted by Crippen LogP contribution is 2.43. The minimum absolute atomic E-state index is 0.246. The molecular formula is C12H24O6P2. The van der Waals surface area contributed by atoms with Gasteiger partial charge in [-0.25, -0.2) is 0 Å². The Labute approximate surface area is 120 Å². The molecule has 8 heteroatoms. The van der Waals surface area contributed by atoms with E-state index in [2.05, 4.69) is 13.2 Å². The van der Waals surface area contributed by atoms with E-state index in [-0.39, 0.29) is 13.2 Å². The molecule has 2 atom stereocenters. The summed E-state index contributed by atoms with van der Waals surface area (Å²) in [5.74, 6) is 1.85. The first-order valence-corrected chi connectivity index (χ1v) is 9.83. The van der Waals surface area contributed by atoms with E-state index >= 15 is 0 Å². The van der Waals surface area contributed by atoms with E-state index in [4.69, 9.17) is 18.8 Å². The van der Waals surface area contributed by atoms with Crippen LogP contribution >= 0.6 is 15.2 Å². The lowest BCUT2D eigenvalue weighted by atomic mass is 10.1. The molecule has 0 heterocycles. The molecule has 20 heavy (non-hydrogen) atoms. The van der Waals surface area contributed by atoms with Gasteiger partial charge in [0.2, 0.25) is 0 Å². The van der Waals surface area contributed by atoms with Crippen molar-refractivity contribution in [3.8, 4) is 0 Å². The summed E-state index contributed by atoms with van der Waals surface area (Å²) >= 11 is 0. The molecule has 0 aromatic carbocycles. The summed E-state index contributed by atoms with van der Waals surface area (Å²) in [6.45, 7) is 6.93. The van der Waals surface area contributed by atoms with E-state index in [0.29, 0.717) is 0 Å². The molecule has 0 saturated heterocycles. The van der Waals surface area contributed by atoms with Crippen molar-refractivity contribution in [1.82, 2.24) is 0 Å². The zero-order valence-corrected chi connectivity index (χ0v) is 13.4. The minimum Gasteiger partial charge on any atom is -0.321 e. The average Bonchev–Trinajstić information content (AvgIpc) is 2.41. The van der Waals surface area contributed by atoms with Crippen LogP contribution in [-0.4, -0.2) is 23.0 Å². The Morgan fingerprint density at radius 1 is 0.750 bits per heavy atom. The van der Waals surface area contributed by atoms with Gasteiger partial charge < -0.3 is 18.8 Å². The van der Waals surface area contributed by atoms with E-state index in [1.807, 2.05) is 0 Å². The van der Waals surface area contributed by atoms with Crippen LogP contribution in [0.2, 0.25) is 0 Å². The summed E-state index contributed by atoms with van der Waals surface area (Å²) in [6.07, 6.45) is 5.21. The fraction of sp³-hybridized carbons (Fsp3) is 0.667. The van der Waals surface area contributed by atoms with Crippen molar-refractivity contribution in [3.63, 3.8) is 0 Å². The Bertz CT molecular complexity index is 346. The summed E-state index contributed by atoms with van der Waals surface area (Å²) in [5, 5.41) is 0. The molecule has 0 amide bonds. The van der Waals surface area contributed by atoms with Crippen LogP contribution in [0.1, 0.15) is 38.5 Å². The summed E-state index contributed by atoms with van der Waals surface area (Å²) in [6, 6.07) is 0. The second kappa shape index (κ2) is 10.5. The predicted octanol–water partition coefficient (Wildman–Crippen LogP) is 4.02.